The molecule has 220 valence electrons. The third-order valence-electron chi connectivity index (χ3n) is 7.26. The van der Waals surface area contributed by atoms with E-state index in [2.05, 4.69) is 20.6 Å². The summed E-state index contributed by atoms with van der Waals surface area (Å²) in [6.45, 7) is 4.96. The van der Waals surface area contributed by atoms with Gasteiger partial charge in [0.15, 0.2) is 0 Å². The summed E-state index contributed by atoms with van der Waals surface area (Å²) in [5.41, 5.74) is -0.987. The number of amides is 1. The fraction of sp³-hybridized carbons (Fsp3) is 0.481. The third kappa shape index (κ3) is 6.10. The number of aryl methyl sites for hydroxylation is 1. The molecule has 1 saturated carbocycles. The van der Waals surface area contributed by atoms with E-state index >= 15 is 0 Å². The number of carbonyl (C=O) groups excluding carboxylic acids is 1. The number of benzene rings is 2. The van der Waals surface area contributed by atoms with Gasteiger partial charge in [-0.3, -0.25) is 4.90 Å². The molecule has 3 aromatic rings. The van der Waals surface area contributed by atoms with Crippen LogP contribution < -0.4 is 9.80 Å². The van der Waals surface area contributed by atoms with Crippen molar-refractivity contribution in [2.45, 2.75) is 77.1 Å². The number of H-pyrrole nitrogens is 1. The van der Waals surface area contributed by atoms with Gasteiger partial charge in [0, 0.05) is 12.6 Å². The monoisotopic (exact) mass is 582 g/mol. The van der Waals surface area contributed by atoms with Gasteiger partial charge in [0.25, 0.3) is 5.95 Å². The SMILES string of the molecule is Cc1ccc2c(c1)[C@@H](N(Cc1cc(C(F)(F)F)cc(C(F)(F)F)c1)c1nn[nH]n1)C[C@@H](C1CC1)N2C(=O)OC(C)C. The van der Waals surface area contributed by atoms with E-state index in [0.717, 1.165) is 18.4 Å². The number of aromatic nitrogens is 4. The number of fused-ring (bicyclic) bond motifs is 1. The molecule has 0 bridgehead atoms. The van der Waals surface area contributed by atoms with Crippen LogP contribution in [0.15, 0.2) is 36.4 Å². The van der Waals surface area contributed by atoms with Gasteiger partial charge in [-0.15, -0.1) is 5.10 Å². The molecule has 41 heavy (non-hydrogen) atoms. The molecule has 0 spiro atoms. The number of hydrogen-bond donors (Lipinski definition) is 1. The summed E-state index contributed by atoms with van der Waals surface area (Å²) in [7, 11) is 0. The lowest BCUT2D eigenvalue weighted by Gasteiger charge is -2.44. The number of alkyl halides is 6. The number of nitrogens with zero attached hydrogens (tertiary/aromatic N) is 5. The number of nitrogens with one attached hydrogen (secondary N) is 1. The van der Waals surface area contributed by atoms with Gasteiger partial charge in [0.1, 0.15) is 0 Å². The molecule has 2 aliphatic rings. The molecule has 2 aromatic carbocycles. The van der Waals surface area contributed by atoms with Gasteiger partial charge in [-0.25, -0.2) is 4.79 Å². The Morgan fingerprint density at radius 1 is 1.07 bits per heavy atom. The number of carbonyl (C=O) groups is 1. The van der Waals surface area contributed by atoms with Crippen molar-refractivity contribution in [1.82, 2.24) is 20.6 Å². The molecule has 1 fully saturated rings. The van der Waals surface area contributed by atoms with E-state index in [4.69, 9.17) is 4.74 Å². The van der Waals surface area contributed by atoms with Crippen molar-refractivity contribution in [1.29, 1.82) is 0 Å². The topological polar surface area (TPSA) is 87.2 Å². The Balaban J connectivity index is 1.62. The molecule has 8 nitrogen and oxygen atoms in total. The van der Waals surface area contributed by atoms with Crippen molar-refractivity contribution in [2.24, 2.45) is 5.92 Å². The van der Waals surface area contributed by atoms with E-state index in [0.29, 0.717) is 29.8 Å². The van der Waals surface area contributed by atoms with Crippen LogP contribution in [0.1, 0.15) is 67.0 Å². The second-order valence-electron chi connectivity index (χ2n) is 10.8. The number of ether oxygens (including phenoxy) is 1. The van der Waals surface area contributed by atoms with Crippen molar-refractivity contribution < 1.29 is 35.9 Å². The maximum Gasteiger partial charge on any atom is 0.416 e. The van der Waals surface area contributed by atoms with E-state index < -0.39 is 35.6 Å². The number of rotatable bonds is 6. The van der Waals surface area contributed by atoms with Gasteiger partial charge >= 0.3 is 18.4 Å². The highest BCUT2D eigenvalue weighted by molar-refractivity contribution is 5.91. The smallest absolute Gasteiger partial charge is 0.416 e. The summed E-state index contributed by atoms with van der Waals surface area (Å²) in [6, 6.07) is 6.06. The van der Waals surface area contributed by atoms with Crippen LogP contribution in [0, 0.1) is 12.8 Å². The lowest BCUT2D eigenvalue weighted by Crippen LogP contribution is -2.49. The Hall–Kier alpha value is -3.84. The lowest BCUT2D eigenvalue weighted by atomic mass is 9.87. The Morgan fingerprint density at radius 3 is 2.27 bits per heavy atom. The molecule has 2 heterocycles. The quantitative estimate of drug-likeness (QED) is 0.321. The minimum Gasteiger partial charge on any atom is -0.446 e. The zero-order valence-corrected chi connectivity index (χ0v) is 22.4. The fourth-order valence-corrected chi connectivity index (χ4v) is 5.38. The van der Waals surface area contributed by atoms with Crippen molar-refractivity contribution in [3.05, 3.63) is 64.2 Å². The van der Waals surface area contributed by atoms with Crippen molar-refractivity contribution in [3.8, 4) is 0 Å². The van der Waals surface area contributed by atoms with Crippen LogP contribution in [-0.4, -0.2) is 38.9 Å². The summed E-state index contributed by atoms with van der Waals surface area (Å²) in [5, 5.41) is 14.0. The summed E-state index contributed by atoms with van der Waals surface area (Å²) >= 11 is 0. The first-order valence-corrected chi connectivity index (χ1v) is 13.1. The predicted molar refractivity (Wildman–Crippen MR) is 136 cm³/mol. The number of halogens is 6. The first-order chi connectivity index (χ1) is 19.2. The molecule has 1 amide bonds. The Kier molecular flexibility index (Phi) is 7.36. The predicted octanol–water partition coefficient (Wildman–Crippen LogP) is 6.83. The van der Waals surface area contributed by atoms with Crippen LogP contribution >= 0.6 is 0 Å². The van der Waals surface area contributed by atoms with Crippen LogP contribution in [-0.2, 0) is 23.6 Å². The molecule has 1 aliphatic heterocycles. The maximum absolute atomic E-state index is 13.6. The van der Waals surface area contributed by atoms with Gasteiger partial charge in [-0.05, 0) is 86.6 Å². The number of tetrazole rings is 1. The summed E-state index contributed by atoms with van der Waals surface area (Å²) in [4.78, 5) is 16.5. The highest BCUT2D eigenvalue weighted by Crippen LogP contribution is 2.49. The fourth-order valence-electron chi connectivity index (χ4n) is 5.38. The standard InChI is InChI=1S/C27H28F6N6O2/c1-14(2)41-25(40)39-21-7-4-15(3)8-20(21)23(12-22(39)17-5-6-17)38(24-34-36-37-35-24)13-16-9-18(26(28,29)30)11-19(10-16)27(31,32)33/h4,7-11,14,17,22-23H,5-6,12-13H2,1-3H3,(H,34,35,36,37)/t22-,23-/m0/s1. The largest absolute Gasteiger partial charge is 0.446 e. The second-order valence-corrected chi connectivity index (χ2v) is 10.8. The van der Waals surface area contributed by atoms with Crippen LogP contribution in [0.4, 0.5) is 42.8 Å². The van der Waals surface area contributed by atoms with Gasteiger partial charge in [0.2, 0.25) is 0 Å². The van der Waals surface area contributed by atoms with Crippen LogP contribution in [0.25, 0.3) is 0 Å². The molecule has 0 radical (unpaired) electrons. The molecule has 5 rings (SSSR count). The molecule has 1 aromatic heterocycles. The summed E-state index contributed by atoms with van der Waals surface area (Å²) in [5.74, 6) is 0.158. The average Bonchev–Trinajstić information content (AvgIpc) is 3.58. The Bertz CT molecular complexity index is 1370. The van der Waals surface area contributed by atoms with E-state index in [1.54, 1.807) is 24.8 Å². The highest BCUT2D eigenvalue weighted by atomic mass is 19.4. The highest BCUT2D eigenvalue weighted by Gasteiger charge is 2.47. The average molecular weight is 583 g/mol. The molecule has 2 atom stereocenters. The molecule has 0 unspecified atom stereocenters. The first-order valence-electron chi connectivity index (χ1n) is 13.1. The zero-order chi connectivity index (χ0) is 29.7. The normalized spacial score (nSPS) is 19.3. The second kappa shape index (κ2) is 10.5. The van der Waals surface area contributed by atoms with Crippen LogP contribution in [0.2, 0.25) is 0 Å². The van der Waals surface area contributed by atoms with E-state index in [9.17, 15) is 31.1 Å². The Morgan fingerprint density at radius 2 is 1.73 bits per heavy atom. The third-order valence-corrected chi connectivity index (χ3v) is 7.26. The molecule has 1 N–H and O–H groups in total. The number of aromatic amines is 1. The van der Waals surface area contributed by atoms with Crippen LogP contribution in [0.5, 0.6) is 0 Å². The van der Waals surface area contributed by atoms with Gasteiger partial charge in [0.05, 0.1) is 29.0 Å². The minimum atomic E-state index is -4.99. The van der Waals surface area contributed by atoms with E-state index in [-0.39, 0.29) is 42.2 Å². The molecule has 0 saturated heterocycles. The molecular weight excluding hydrogens is 554 g/mol. The van der Waals surface area contributed by atoms with Gasteiger partial charge < -0.3 is 9.64 Å². The van der Waals surface area contributed by atoms with Crippen molar-refractivity contribution >= 4 is 17.7 Å². The number of hydrogen-bond acceptors (Lipinski definition) is 6. The lowest BCUT2D eigenvalue weighted by molar-refractivity contribution is -0.143. The summed E-state index contributed by atoms with van der Waals surface area (Å²) in [6.07, 6.45) is -8.80. The molecule has 1 aliphatic carbocycles. The van der Waals surface area contributed by atoms with Crippen molar-refractivity contribution in [3.63, 3.8) is 0 Å². The first kappa shape index (κ1) is 28.7. The summed E-state index contributed by atoms with van der Waals surface area (Å²) < 4.78 is 87.3. The minimum absolute atomic E-state index is 0.00109. The van der Waals surface area contributed by atoms with Crippen molar-refractivity contribution in [2.75, 3.05) is 9.80 Å². The van der Waals surface area contributed by atoms with Crippen LogP contribution in [0.3, 0.4) is 0 Å². The van der Waals surface area contributed by atoms with Gasteiger partial charge in [-0.2, -0.15) is 31.6 Å². The molecule has 14 heteroatoms. The van der Waals surface area contributed by atoms with Gasteiger partial charge in [-0.1, -0.05) is 22.8 Å². The Labute approximate surface area is 231 Å². The molecular formula is C27H28F6N6O2. The maximum atomic E-state index is 13.6. The zero-order valence-electron chi connectivity index (χ0n) is 22.4. The van der Waals surface area contributed by atoms with E-state index in [1.165, 1.54) is 4.90 Å². The number of anilines is 2. The van der Waals surface area contributed by atoms with E-state index in [1.807, 2.05) is 19.1 Å².